The number of hydrogen-bond acceptors (Lipinski definition) is 11. The average Bonchev–Trinajstić information content (AvgIpc) is 3.96. The number of carbonyl (C=O) groups excluding carboxylic acids is 1. The van der Waals surface area contributed by atoms with E-state index in [2.05, 4.69) is 99.8 Å². The lowest BCUT2D eigenvalue weighted by molar-refractivity contribution is 0.0440. The Morgan fingerprint density at radius 3 is 1.95 bits per heavy atom. The maximum atomic E-state index is 13.6. The molecule has 0 atom stereocenters. The van der Waals surface area contributed by atoms with Crippen LogP contribution < -0.4 is 10.7 Å². The Hall–Kier alpha value is -7.47. The van der Waals surface area contributed by atoms with Gasteiger partial charge in [-0.1, -0.05) is 174 Å². The van der Waals surface area contributed by atoms with E-state index in [1.165, 1.54) is 12.5 Å². The molecule has 0 bridgehead atoms. The zero-order valence-corrected chi connectivity index (χ0v) is 35.1. The van der Waals surface area contributed by atoms with E-state index in [9.17, 15) is 9.59 Å². The first-order valence-electron chi connectivity index (χ1n) is 20.7. The first-order chi connectivity index (χ1) is 30.2. The van der Waals surface area contributed by atoms with Crippen LogP contribution in [-0.4, -0.2) is 42.7 Å². The Balaban J connectivity index is 1.12. The SMILES string of the molecule is CCCCN(Cc1ccc(-c2ccccc2-c2nnnn2C(c2ccccc2)(c2ccccc2)c2ccccc2)cc1)c1ncncc1C(=O)OCc1oc(=O)oc1C(C)(C)C. The third kappa shape index (κ3) is 8.31. The van der Waals surface area contributed by atoms with E-state index < -0.39 is 22.7 Å². The molecule has 0 spiro atoms. The van der Waals surface area contributed by atoms with E-state index in [1.54, 1.807) is 0 Å². The number of rotatable bonds is 15. The van der Waals surface area contributed by atoms with E-state index in [0.717, 1.165) is 51.8 Å². The molecular weight excluding hydrogens is 779 g/mol. The van der Waals surface area contributed by atoms with Gasteiger partial charge in [-0.2, -0.15) is 0 Å². The minimum atomic E-state index is -0.905. The predicted molar refractivity (Wildman–Crippen MR) is 236 cm³/mol. The number of esters is 1. The highest BCUT2D eigenvalue weighted by Gasteiger charge is 2.42. The molecule has 0 aliphatic carbocycles. The summed E-state index contributed by atoms with van der Waals surface area (Å²) in [6.45, 7) is 8.59. The number of tetrazole rings is 1. The van der Waals surface area contributed by atoms with Gasteiger partial charge in [0.2, 0.25) is 0 Å². The van der Waals surface area contributed by atoms with Crippen molar-refractivity contribution >= 4 is 11.8 Å². The maximum absolute atomic E-state index is 13.6. The standard InChI is InChI=1S/C50H47N7O5/c1-5-6-30-56(45-42(31-51-34-52-45)47(58)60-33-43-44(49(2,3)4)62-48(59)61-43)32-35-26-28-36(29-27-35)40-24-16-17-25-41(40)46-53-54-55-57(46)50(37-18-10-7-11-19-37,38-20-12-8-13-21-38)39-22-14-9-15-23-39/h7-29,31,34H,5-6,30,32-33H2,1-4H3. The number of ether oxygens (including phenoxy) is 1. The number of unbranched alkanes of at least 4 members (excludes halogenated alkanes) is 1. The van der Waals surface area contributed by atoms with Crippen LogP contribution in [0.4, 0.5) is 5.82 Å². The van der Waals surface area contributed by atoms with Crippen LogP contribution in [0.1, 0.15) is 84.7 Å². The van der Waals surface area contributed by atoms with Gasteiger partial charge in [-0.3, -0.25) is 0 Å². The van der Waals surface area contributed by atoms with Crippen molar-refractivity contribution in [1.82, 2.24) is 30.2 Å². The topological polar surface area (TPSA) is 142 Å². The molecule has 3 heterocycles. The zero-order valence-electron chi connectivity index (χ0n) is 35.1. The second kappa shape index (κ2) is 18.0. The molecule has 5 aromatic carbocycles. The van der Waals surface area contributed by atoms with Crippen LogP contribution in [0.3, 0.4) is 0 Å². The monoisotopic (exact) mass is 825 g/mol. The van der Waals surface area contributed by atoms with Crippen molar-refractivity contribution in [3.8, 4) is 22.5 Å². The highest BCUT2D eigenvalue weighted by Crippen LogP contribution is 2.43. The van der Waals surface area contributed by atoms with Crippen molar-refractivity contribution in [2.75, 3.05) is 11.4 Å². The van der Waals surface area contributed by atoms with Crippen LogP contribution in [0.25, 0.3) is 22.5 Å². The quantitative estimate of drug-likeness (QED) is 0.0720. The molecule has 0 saturated heterocycles. The predicted octanol–water partition coefficient (Wildman–Crippen LogP) is 9.64. The van der Waals surface area contributed by atoms with E-state index in [4.69, 9.17) is 23.9 Å². The summed E-state index contributed by atoms with van der Waals surface area (Å²) in [5.41, 5.74) is 5.64. The van der Waals surface area contributed by atoms with E-state index in [1.807, 2.05) is 92.2 Å². The summed E-state index contributed by atoms with van der Waals surface area (Å²) >= 11 is 0. The van der Waals surface area contributed by atoms with Crippen LogP contribution in [-0.2, 0) is 28.8 Å². The molecule has 0 N–H and O–H groups in total. The first kappa shape index (κ1) is 41.3. The van der Waals surface area contributed by atoms with E-state index >= 15 is 0 Å². The van der Waals surface area contributed by atoms with Gasteiger partial charge in [0.1, 0.15) is 23.2 Å². The first-order valence-corrected chi connectivity index (χ1v) is 20.7. The fourth-order valence-corrected chi connectivity index (χ4v) is 7.94. The van der Waals surface area contributed by atoms with Crippen molar-refractivity contribution in [2.24, 2.45) is 0 Å². The van der Waals surface area contributed by atoms with Gasteiger partial charge >= 0.3 is 11.8 Å². The maximum Gasteiger partial charge on any atom is 0.519 e. The molecule has 0 aliphatic rings. The van der Waals surface area contributed by atoms with Crippen LogP contribution >= 0.6 is 0 Å². The Kier molecular flexibility index (Phi) is 12.0. The second-order valence-electron chi connectivity index (χ2n) is 16.0. The van der Waals surface area contributed by atoms with Crippen molar-refractivity contribution in [2.45, 2.75) is 64.6 Å². The average molecular weight is 826 g/mol. The van der Waals surface area contributed by atoms with Crippen molar-refractivity contribution < 1.29 is 18.4 Å². The zero-order chi connectivity index (χ0) is 43.1. The summed E-state index contributed by atoms with van der Waals surface area (Å²) in [6.07, 6.45) is 4.68. The van der Waals surface area contributed by atoms with Gasteiger partial charge in [-0.25, -0.2) is 24.2 Å². The number of benzene rings is 5. The summed E-state index contributed by atoms with van der Waals surface area (Å²) in [5, 5.41) is 13.8. The van der Waals surface area contributed by atoms with Gasteiger partial charge in [0, 0.05) is 30.3 Å². The van der Waals surface area contributed by atoms with Gasteiger partial charge in [0.15, 0.2) is 24.0 Å². The lowest BCUT2D eigenvalue weighted by Crippen LogP contribution is -2.39. The largest absolute Gasteiger partial charge is 0.519 e. The molecule has 312 valence electrons. The molecule has 0 fully saturated rings. The fourth-order valence-electron chi connectivity index (χ4n) is 7.94. The summed E-state index contributed by atoms with van der Waals surface area (Å²) in [6, 6.07) is 47.6. The summed E-state index contributed by atoms with van der Waals surface area (Å²) in [7, 11) is 0. The second-order valence-corrected chi connectivity index (χ2v) is 16.0. The van der Waals surface area contributed by atoms with Gasteiger partial charge in [0.05, 0.1) is 0 Å². The van der Waals surface area contributed by atoms with Gasteiger partial charge in [-0.05, 0) is 50.2 Å². The van der Waals surface area contributed by atoms with Gasteiger partial charge < -0.3 is 18.5 Å². The molecule has 0 amide bonds. The normalized spacial score (nSPS) is 11.7. The van der Waals surface area contributed by atoms with E-state index in [-0.39, 0.29) is 17.9 Å². The van der Waals surface area contributed by atoms with Crippen LogP contribution in [0.2, 0.25) is 0 Å². The smallest absolute Gasteiger partial charge is 0.454 e. The van der Waals surface area contributed by atoms with Crippen LogP contribution in [0, 0.1) is 0 Å². The summed E-state index contributed by atoms with van der Waals surface area (Å²) < 4.78 is 18.1. The minimum absolute atomic E-state index is 0.165. The van der Waals surface area contributed by atoms with E-state index in [0.29, 0.717) is 30.5 Å². The van der Waals surface area contributed by atoms with Crippen molar-refractivity contribution in [3.63, 3.8) is 0 Å². The Morgan fingerprint density at radius 2 is 1.35 bits per heavy atom. The van der Waals surface area contributed by atoms with Crippen LogP contribution in [0.5, 0.6) is 0 Å². The highest BCUT2D eigenvalue weighted by molar-refractivity contribution is 5.94. The summed E-state index contributed by atoms with van der Waals surface area (Å²) in [5.74, 6) is 0.0621. The minimum Gasteiger partial charge on any atom is -0.454 e. The molecule has 3 aromatic heterocycles. The Bertz CT molecular complexity index is 2700. The molecule has 12 nitrogen and oxygen atoms in total. The molecular formula is C50H47N7O5. The molecule has 0 radical (unpaired) electrons. The summed E-state index contributed by atoms with van der Waals surface area (Å²) in [4.78, 5) is 36.3. The third-order valence-electron chi connectivity index (χ3n) is 10.8. The highest BCUT2D eigenvalue weighted by atomic mass is 16.6. The van der Waals surface area contributed by atoms with Crippen LogP contribution in [0.15, 0.2) is 166 Å². The molecule has 12 heteroatoms. The lowest BCUT2D eigenvalue weighted by Gasteiger charge is -2.36. The molecule has 62 heavy (non-hydrogen) atoms. The molecule has 8 aromatic rings. The number of aromatic nitrogens is 6. The lowest BCUT2D eigenvalue weighted by atomic mass is 9.77. The van der Waals surface area contributed by atoms with Gasteiger partial charge in [-0.15, -0.1) is 5.10 Å². The fraction of sp³-hybridized carbons (Fsp3) is 0.220. The number of anilines is 1. The van der Waals surface area contributed by atoms with Crippen molar-refractivity contribution in [3.05, 3.63) is 202 Å². The Labute approximate surface area is 359 Å². The van der Waals surface area contributed by atoms with Crippen molar-refractivity contribution in [1.29, 1.82) is 0 Å². The van der Waals surface area contributed by atoms with Gasteiger partial charge in [0.25, 0.3) is 0 Å². The molecule has 0 saturated carbocycles. The third-order valence-corrected chi connectivity index (χ3v) is 10.8. The number of nitrogens with zero attached hydrogens (tertiary/aromatic N) is 7. The molecule has 0 unspecified atom stereocenters. The molecule has 8 rings (SSSR count). The number of carbonyl (C=O) groups is 1. The molecule has 0 aliphatic heterocycles. The number of hydrogen-bond donors (Lipinski definition) is 0. The Morgan fingerprint density at radius 1 is 0.758 bits per heavy atom.